The molecule has 1 N–H and O–H groups in total. The average molecular weight is 392 g/mol. The van der Waals surface area contributed by atoms with Gasteiger partial charge < -0.3 is 9.72 Å². The van der Waals surface area contributed by atoms with E-state index in [-0.39, 0.29) is 17.5 Å². The SMILES string of the molecule is CCS(=O)(=O)N1CCC(C(=O)O[C@H](C)C(=O)c2c[nH]c3ccccc23)CC1. The quantitative estimate of drug-likeness (QED) is 0.601. The van der Waals surface area contributed by atoms with Crippen LogP contribution in [-0.2, 0) is 19.6 Å². The van der Waals surface area contributed by atoms with Crippen molar-refractivity contribution >= 4 is 32.7 Å². The molecule has 0 bridgehead atoms. The zero-order valence-corrected chi connectivity index (χ0v) is 16.3. The van der Waals surface area contributed by atoms with Gasteiger partial charge in [0.1, 0.15) is 0 Å². The van der Waals surface area contributed by atoms with Crippen LogP contribution in [0.1, 0.15) is 37.0 Å². The van der Waals surface area contributed by atoms with E-state index in [0.29, 0.717) is 31.5 Å². The Balaban J connectivity index is 1.60. The topological polar surface area (TPSA) is 96.5 Å². The Labute approximate surface area is 158 Å². The summed E-state index contributed by atoms with van der Waals surface area (Å²) in [5, 5.41) is 0.795. The molecule has 3 rings (SSSR count). The number of benzene rings is 1. The lowest BCUT2D eigenvalue weighted by Gasteiger charge is -2.30. The molecule has 7 nitrogen and oxygen atoms in total. The molecule has 8 heteroatoms. The highest BCUT2D eigenvalue weighted by atomic mass is 32.2. The van der Waals surface area contributed by atoms with Crippen LogP contribution in [0.3, 0.4) is 0 Å². The highest BCUT2D eigenvalue weighted by molar-refractivity contribution is 7.89. The van der Waals surface area contributed by atoms with E-state index in [9.17, 15) is 18.0 Å². The summed E-state index contributed by atoms with van der Waals surface area (Å²) >= 11 is 0. The van der Waals surface area contributed by atoms with Crippen molar-refractivity contribution in [2.24, 2.45) is 5.92 Å². The van der Waals surface area contributed by atoms with E-state index in [1.807, 2.05) is 24.3 Å². The Morgan fingerprint density at radius 2 is 1.93 bits per heavy atom. The lowest BCUT2D eigenvalue weighted by molar-refractivity contribution is -0.152. The molecular formula is C19H24N2O5S. The molecule has 1 saturated heterocycles. The van der Waals surface area contributed by atoms with Crippen LogP contribution in [0.4, 0.5) is 0 Å². The molecule has 0 spiro atoms. The van der Waals surface area contributed by atoms with Gasteiger partial charge in [0.15, 0.2) is 6.10 Å². The Morgan fingerprint density at radius 1 is 1.26 bits per heavy atom. The van der Waals surface area contributed by atoms with Crippen LogP contribution in [0.15, 0.2) is 30.5 Å². The molecule has 1 atom stereocenters. The fourth-order valence-corrected chi connectivity index (χ4v) is 4.50. The van der Waals surface area contributed by atoms with Gasteiger partial charge >= 0.3 is 5.97 Å². The number of fused-ring (bicyclic) bond motifs is 1. The number of sulfonamides is 1. The number of nitrogens with zero attached hydrogens (tertiary/aromatic N) is 1. The van der Waals surface area contributed by atoms with Gasteiger partial charge in [-0.1, -0.05) is 18.2 Å². The third-order valence-corrected chi connectivity index (χ3v) is 6.94. The first-order valence-electron chi connectivity index (χ1n) is 9.12. The molecule has 0 aliphatic carbocycles. The van der Waals surface area contributed by atoms with Crippen molar-refractivity contribution in [1.29, 1.82) is 0 Å². The second-order valence-electron chi connectivity index (χ2n) is 6.77. The van der Waals surface area contributed by atoms with E-state index >= 15 is 0 Å². The largest absolute Gasteiger partial charge is 0.454 e. The van der Waals surface area contributed by atoms with E-state index in [1.165, 1.54) is 4.31 Å². The molecular weight excluding hydrogens is 368 g/mol. The number of Topliss-reactive ketones (excluding diaryl/α,β-unsaturated/α-hetero) is 1. The van der Waals surface area contributed by atoms with Crippen LogP contribution >= 0.6 is 0 Å². The van der Waals surface area contributed by atoms with Gasteiger partial charge in [-0.25, -0.2) is 12.7 Å². The van der Waals surface area contributed by atoms with Gasteiger partial charge in [-0.05, 0) is 32.8 Å². The van der Waals surface area contributed by atoms with Crippen LogP contribution in [0, 0.1) is 5.92 Å². The van der Waals surface area contributed by atoms with E-state index in [1.54, 1.807) is 20.0 Å². The van der Waals surface area contributed by atoms with Crippen LogP contribution in [-0.4, -0.2) is 54.4 Å². The monoisotopic (exact) mass is 392 g/mol. The summed E-state index contributed by atoms with van der Waals surface area (Å²) in [5.41, 5.74) is 1.35. The number of carbonyl (C=O) groups excluding carboxylic acids is 2. The number of hydrogen-bond donors (Lipinski definition) is 1. The first-order chi connectivity index (χ1) is 12.8. The Hall–Kier alpha value is -2.19. The highest BCUT2D eigenvalue weighted by Crippen LogP contribution is 2.23. The fraction of sp³-hybridized carbons (Fsp3) is 0.474. The van der Waals surface area contributed by atoms with E-state index in [2.05, 4.69) is 4.98 Å². The predicted octanol–water partition coefficient (Wildman–Crippen LogP) is 2.34. The molecule has 1 aliphatic heterocycles. The second kappa shape index (κ2) is 7.82. The van der Waals surface area contributed by atoms with Crippen LogP contribution in [0.2, 0.25) is 0 Å². The predicted molar refractivity (Wildman–Crippen MR) is 102 cm³/mol. The third-order valence-electron chi connectivity index (χ3n) is 5.06. The second-order valence-corrected chi connectivity index (χ2v) is 9.02. The summed E-state index contributed by atoms with van der Waals surface area (Å²) in [4.78, 5) is 28.1. The van der Waals surface area contributed by atoms with Crippen molar-refractivity contribution in [2.45, 2.75) is 32.8 Å². The number of nitrogens with one attached hydrogen (secondary N) is 1. The molecule has 0 amide bonds. The number of aromatic nitrogens is 1. The van der Waals surface area contributed by atoms with E-state index < -0.39 is 22.1 Å². The number of ether oxygens (including phenoxy) is 1. The van der Waals surface area contributed by atoms with Gasteiger partial charge in [-0.15, -0.1) is 0 Å². The summed E-state index contributed by atoms with van der Waals surface area (Å²) in [7, 11) is -3.23. The third kappa shape index (κ3) is 4.06. The van der Waals surface area contributed by atoms with Crippen molar-refractivity contribution in [2.75, 3.05) is 18.8 Å². The minimum absolute atomic E-state index is 0.0538. The smallest absolute Gasteiger partial charge is 0.309 e. The molecule has 1 fully saturated rings. The number of carbonyl (C=O) groups is 2. The van der Waals surface area contributed by atoms with E-state index in [0.717, 1.165) is 10.9 Å². The minimum atomic E-state index is -3.23. The van der Waals surface area contributed by atoms with E-state index in [4.69, 9.17) is 4.74 Å². The van der Waals surface area contributed by atoms with Crippen molar-refractivity contribution in [1.82, 2.24) is 9.29 Å². The van der Waals surface area contributed by atoms with Crippen LogP contribution < -0.4 is 0 Å². The Kier molecular flexibility index (Phi) is 5.67. The number of para-hydroxylation sites is 1. The maximum atomic E-state index is 12.7. The first-order valence-corrected chi connectivity index (χ1v) is 10.7. The van der Waals surface area contributed by atoms with Gasteiger partial charge in [-0.2, -0.15) is 0 Å². The minimum Gasteiger partial charge on any atom is -0.454 e. The lowest BCUT2D eigenvalue weighted by Crippen LogP contribution is -2.42. The van der Waals surface area contributed by atoms with Crippen LogP contribution in [0.5, 0.6) is 0 Å². The van der Waals surface area contributed by atoms with Gasteiger partial charge in [0.25, 0.3) is 0 Å². The molecule has 2 aromatic rings. The standard InChI is InChI=1S/C19H24N2O5S/c1-3-27(24,25)21-10-8-14(9-11-21)19(23)26-13(2)18(22)16-12-20-17-7-5-4-6-15(16)17/h4-7,12-14,20H,3,8-11H2,1-2H3/t13-/m1/s1. The summed E-state index contributed by atoms with van der Waals surface area (Å²) in [6.07, 6.45) is 1.55. The number of piperidine rings is 1. The highest BCUT2D eigenvalue weighted by Gasteiger charge is 2.32. The van der Waals surface area contributed by atoms with Crippen molar-refractivity contribution in [3.63, 3.8) is 0 Å². The van der Waals surface area contributed by atoms with Gasteiger partial charge in [-0.3, -0.25) is 9.59 Å². The summed E-state index contributed by atoms with van der Waals surface area (Å²) < 4.78 is 30.6. The number of hydrogen-bond acceptors (Lipinski definition) is 5. The normalized spacial score (nSPS) is 17.7. The number of H-pyrrole nitrogens is 1. The van der Waals surface area contributed by atoms with Crippen molar-refractivity contribution in [3.8, 4) is 0 Å². The molecule has 1 aromatic carbocycles. The number of ketones is 1. The molecule has 27 heavy (non-hydrogen) atoms. The lowest BCUT2D eigenvalue weighted by atomic mass is 9.98. The zero-order valence-electron chi connectivity index (χ0n) is 15.5. The van der Waals surface area contributed by atoms with Crippen LogP contribution in [0.25, 0.3) is 10.9 Å². The summed E-state index contributed by atoms with van der Waals surface area (Å²) in [6, 6.07) is 7.45. The molecule has 1 aliphatic rings. The first kappa shape index (κ1) is 19.6. The van der Waals surface area contributed by atoms with Crippen molar-refractivity contribution < 1.29 is 22.7 Å². The average Bonchev–Trinajstić information content (AvgIpc) is 3.11. The maximum Gasteiger partial charge on any atom is 0.309 e. The number of aromatic amines is 1. The zero-order chi connectivity index (χ0) is 19.6. The molecule has 1 aromatic heterocycles. The summed E-state index contributed by atoms with van der Waals surface area (Å²) in [6.45, 7) is 3.79. The summed E-state index contributed by atoms with van der Waals surface area (Å²) in [5.74, 6) is -1.03. The molecule has 2 heterocycles. The molecule has 0 saturated carbocycles. The van der Waals surface area contributed by atoms with Gasteiger partial charge in [0.05, 0.1) is 11.7 Å². The molecule has 0 unspecified atom stereocenters. The maximum absolute atomic E-state index is 12.7. The Morgan fingerprint density at radius 3 is 2.59 bits per heavy atom. The number of esters is 1. The van der Waals surface area contributed by atoms with Gasteiger partial charge in [0, 0.05) is 35.8 Å². The molecule has 146 valence electrons. The fourth-order valence-electron chi connectivity index (χ4n) is 3.37. The Bertz CT molecular complexity index is 942. The van der Waals surface area contributed by atoms with Crippen molar-refractivity contribution in [3.05, 3.63) is 36.0 Å². The number of rotatable bonds is 6. The van der Waals surface area contributed by atoms with Gasteiger partial charge in [0.2, 0.25) is 15.8 Å². The molecule has 0 radical (unpaired) electrons.